The molecule has 1 atom stereocenters. The van der Waals surface area contributed by atoms with Crippen molar-refractivity contribution in [3.05, 3.63) is 23.9 Å². The van der Waals surface area contributed by atoms with Crippen LogP contribution in [0.3, 0.4) is 0 Å². The first-order chi connectivity index (χ1) is 13.0. The van der Waals surface area contributed by atoms with Crippen LogP contribution in [-0.2, 0) is 10.9 Å². The Kier molecular flexibility index (Phi) is 5.51. The highest BCUT2D eigenvalue weighted by Crippen LogP contribution is 2.47. The molecule has 1 unspecified atom stereocenters. The molecule has 0 N–H and O–H groups in total. The van der Waals surface area contributed by atoms with Gasteiger partial charge in [-0.25, -0.2) is 9.78 Å². The van der Waals surface area contributed by atoms with Crippen molar-refractivity contribution in [3.63, 3.8) is 0 Å². The second kappa shape index (κ2) is 7.44. The van der Waals surface area contributed by atoms with Crippen molar-refractivity contribution in [1.82, 2.24) is 9.88 Å². The molecule has 1 aromatic heterocycles. The van der Waals surface area contributed by atoms with Crippen LogP contribution in [0.2, 0.25) is 0 Å². The highest BCUT2D eigenvalue weighted by atomic mass is 19.4. The zero-order valence-electron chi connectivity index (χ0n) is 16.5. The molecule has 28 heavy (non-hydrogen) atoms. The fourth-order valence-electron chi connectivity index (χ4n) is 3.99. The monoisotopic (exact) mass is 400 g/mol. The summed E-state index contributed by atoms with van der Waals surface area (Å²) in [6.07, 6.45) is 0.496. The molecule has 0 radical (unpaired) electrons. The van der Waals surface area contributed by atoms with Gasteiger partial charge in [0.2, 0.25) is 5.88 Å². The van der Waals surface area contributed by atoms with E-state index in [0.29, 0.717) is 13.1 Å². The predicted octanol–water partition coefficient (Wildman–Crippen LogP) is 5.05. The van der Waals surface area contributed by atoms with Gasteiger partial charge in [0.1, 0.15) is 11.7 Å². The molecule has 1 amide bonds. The van der Waals surface area contributed by atoms with E-state index in [0.717, 1.165) is 44.4 Å². The molecule has 3 rings (SSSR count). The molecule has 1 aliphatic heterocycles. The number of carbonyl (C=O) groups excluding carboxylic acids is 1. The zero-order valence-corrected chi connectivity index (χ0v) is 16.5. The van der Waals surface area contributed by atoms with Crippen LogP contribution in [0.15, 0.2) is 18.3 Å². The summed E-state index contributed by atoms with van der Waals surface area (Å²) in [5, 5.41) is 0. The summed E-state index contributed by atoms with van der Waals surface area (Å²) in [7, 11) is 0. The van der Waals surface area contributed by atoms with E-state index in [-0.39, 0.29) is 23.5 Å². The summed E-state index contributed by atoms with van der Waals surface area (Å²) < 4.78 is 49.1. The number of aromatic nitrogens is 1. The number of ether oxygens (including phenoxy) is 2. The molecule has 1 aromatic rings. The van der Waals surface area contributed by atoms with Gasteiger partial charge in [-0.2, -0.15) is 13.2 Å². The van der Waals surface area contributed by atoms with Gasteiger partial charge in [-0.1, -0.05) is 0 Å². The molecular formula is C20H27F3N2O3. The van der Waals surface area contributed by atoms with E-state index in [1.54, 1.807) is 4.90 Å². The molecular weight excluding hydrogens is 373 g/mol. The molecule has 1 saturated carbocycles. The van der Waals surface area contributed by atoms with Gasteiger partial charge in [0.05, 0.1) is 5.56 Å². The third-order valence-corrected chi connectivity index (χ3v) is 5.48. The quantitative estimate of drug-likeness (QED) is 0.697. The van der Waals surface area contributed by atoms with Gasteiger partial charge in [-0.05, 0) is 64.4 Å². The molecule has 0 bridgehead atoms. The van der Waals surface area contributed by atoms with Gasteiger partial charge in [0.25, 0.3) is 0 Å². The molecule has 1 spiro atoms. The number of alkyl halides is 3. The first-order valence-corrected chi connectivity index (χ1v) is 9.64. The minimum atomic E-state index is -4.40. The summed E-state index contributed by atoms with van der Waals surface area (Å²) in [6, 6.07) is 2.27. The standard InChI is InChI=1S/C20H27F3N2O3/c1-18(2,3)28-17(26)25-10-8-19(9-11-25)7-6-15(12-19)27-16-5-4-14(13-24-16)20(21,22)23/h4-5,13,15H,6-12H2,1-3H3. The molecule has 156 valence electrons. The van der Waals surface area contributed by atoms with E-state index in [1.807, 2.05) is 20.8 Å². The van der Waals surface area contributed by atoms with E-state index in [2.05, 4.69) is 4.98 Å². The lowest BCUT2D eigenvalue weighted by atomic mass is 9.77. The highest BCUT2D eigenvalue weighted by Gasteiger charge is 2.43. The number of rotatable bonds is 2. The predicted molar refractivity (Wildman–Crippen MR) is 97.0 cm³/mol. The van der Waals surface area contributed by atoms with Crippen molar-refractivity contribution in [2.24, 2.45) is 5.41 Å². The molecule has 2 aliphatic rings. The Morgan fingerprint density at radius 1 is 1.18 bits per heavy atom. The molecule has 8 heteroatoms. The number of pyridine rings is 1. The minimum Gasteiger partial charge on any atom is -0.474 e. The summed E-state index contributed by atoms with van der Waals surface area (Å²) in [4.78, 5) is 17.8. The second-order valence-corrected chi connectivity index (χ2v) is 8.83. The Morgan fingerprint density at radius 2 is 1.86 bits per heavy atom. The first kappa shape index (κ1) is 20.7. The fraction of sp³-hybridized carbons (Fsp3) is 0.700. The third kappa shape index (κ3) is 5.08. The molecule has 5 nitrogen and oxygen atoms in total. The average molecular weight is 400 g/mol. The van der Waals surface area contributed by atoms with Crippen LogP contribution in [0, 0.1) is 5.41 Å². The van der Waals surface area contributed by atoms with Crippen LogP contribution in [0.4, 0.5) is 18.0 Å². The van der Waals surface area contributed by atoms with Gasteiger partial charge in [0, 0.05) is 25.4 Å². The lowest BCUT2D eigenvalue weighted by Crippen LogP contribution is -2.44. The third-order valence-electron chi connectivity index (χ3n) is 5.48. The topological polar surface area (TPSA) is 51.7 Å². The lowest BCUT2D eigenvalue weighted by molar-refractivity contribution is -0.137. The van der Waals surface area contributed by atoms with Crippen LogP contribution >= 0.6 is 0 Å². The maximum absolute atomic E-state index is 12.6. The number of carbonyl (C=O) groups is 1. The van der Waals surface area contributed by atoms with Crippen molar-refractivity contribution in [1.29, 1.82) is 0 Å². The van der Waals surface area contributed by atoms with Crippen LogP contribution in [0.25, 0.3) is 0 Å². The molecule has 2 heterocycles. The number of likely N-dealkylation sites (tertiary alicyclic amines) is 1. The van der Waals surface area contributed by atoms with Crippen molar-refractivity contribution < 1.29 is 27.4 Å². The van der Waals surface area contributed by atoms with Gasteiger partial charge in [-0.15, -0.1) is 0 Å². The largest absolute Gasteiger partial charge is 0.474 e. The Hall–Kier alpha value is -1.99. The average Bonchev–Trinajstić information content (AvgIpc) is 2.96. The van der Waals surface area contributed by atoms with Crippen LogP contribution in [0.1, 0.15) is 58.4 Å². The fourth-order valence-corrected chi connectivity index (χ4v) is 3.99. The summed E-state index contributed by atoms with van der Waals surface area (Å²) >= 11 is 0. The smallest absolute Gasteiger partial charge is 0.417 e. The van der Waals surface area contributed by atoms with Crippen molar-refractivity contribution >= 4 is 6.09 Å². The van der Waals surface area contributed by atoms with Gasteiger partial charge < -0.3 is 14.4 Å². The van der Waals surface area contributed by atoms with Gasteiger partial charge in [-0.3, -0.25) is 0 Å². The van der Waals surface area contributed by atoms with Gasteiger partial charge in [0.15, 0.2) is 0 Å². The van der Waals surface area contributed by atoms with Gasteiger partial charge >= 0.3 is 12.3 Å². The number of piperidine rings is 1. The van der Waals surface area contributed by atoms with Crippen LogP contribution in [0.5, 0.6) is 5.88 Å². The van der Waals surface area contributed by atoms with Crippen molar-refractivity contribution in [3.8, 4) is 5.88 Å². The number of halogens is 3. The highest BCUT2D eigenvalue weighted by molar-refractivity contribution is 5.68. The molecule has 2 fully saturated rings. The van der Waals surface area contributed by atoms with E-state index in [9.17, 15) is 18.0 Å². The van der Waals surface area contributed by atoms with E-state index in [1.165, 1.54) is 6.07 Å². The summed E-state index contributed by atoms with van der Waals surface area (Å²) in [6.45, 7) is 6.86. The molecule has 0 aromatic carbocycles. The number of hydrogen-bond donors (Lipinski definition) is 0. The van der Waals surface area contributed by atoms with E-state index < -0.39 is 17.3 Å². The Bertz CT molecular complexity index is 690. The SMILES string of the molecule is CC(C)(C)OC(=O)N1CCC2(CCC(Oc3ccc(C(F)(F)F)cn3)C2)CC1. The summed E-state index contributed by atoms with van der Waals surface area (Å²) in [5.41, 5.74) is -1.17. The maximum atomic E-state index is 12.6. The number of amides is 1. The number of hydrogen-bond acceptors (Lipinski definition) is 4. The van der Waals surface area contributed by atoms with E-state index >= 15 is 0 Å². The maximum Gasteiger partial charge on any atom is 0.417 e. The minimum absolute atomic E-state index is 0.0580. The second-order valence-electron chi connectivity index (χ2n) is 8.83. The first-order valence-electron chi connectivity index (χ1n) is 9.64. The van der Waals surface area contributed by atoms with Crippen molar-refractivity contribution in [2.75, 3.05) is 13.1 Å². The Labute approximate surface area is 163 Å². The molecule has 1 saturated heterocycles. The van der Waals surface area contributed by atoms with E-state index in [4.69, 9.17) is 9.47 Å². The van der Waals surface area contributed by atoms with Crippen LogP contribution < -0.4 is 4.74 Å². The normalized spacial score (nSPS) is 22.4. The number of nitrogens with zero attached hydrogens (tertiary/aromatic N) is 2. The Morgan fingerprint density at radius 3 is 2.39 bits per heavy atom. The Balaban J connectivity index is 1.51. The lowest BCUT2D eigenvalue weighted by Gasteiger charge is -2.39. The zero-order chi connectivity index (χ0) is 20.6. The summed E-state index contributed by atoms with van der Waals surface area (Å²) in [5.74, 6) is 0.223. The van der Waals surface area contributed by atoms with Crippen LogP contribution in [-0.4, -0.2) is 40.8 Å². The molecule has 1 aliphatic carbocycles. The van der Waals surface area contributed by atoms with Crippen molar-refractivity contribution in [2.45, 2.75) is 70.8 Å².